The van der Waals surface area contributed by atoms with Gasteiger partial charge in [-0.3, -0.25) is 4.79 Å². The number of carboxylic acids is 1. The standard InChI is InChI=1S/C7H13O2/c1-2-3-4-5-6-7(8)9/h2H,3-6H2,1H3,(H,8,9). The predicted octanol–water partition coefficient (Wildman–Crippen LogP) is 1.86. The Labute approximate surface area is 55.9 Å². The van der Waals surface area contributed by atoms with E-state index in [4.69, 9.17) is 5.11 Å². The fourth-order valence-corrected chi connectivity index (χ4v) is 0.625. The SMILES string of the molecule is C[CH]CCCCC(=O)O. The summed E-state index contributed by atoms with van der Waals surface area (Å²) >= 11 is 0. The highest BCUT2D eigenvalue weighted by Crippen LogP contribution is 2.00. The summed E-state index contributed by atoms with van der Waals surface area (Å²) in [6, 6.07) is 0. The summed E-state index contributed by atoms with van der Waals surface area (Å²) in [7, 11) is 0. The van der Waals surface area contributed by atoms with Crippen molar-refractivity contribution < 1.29 is 9.90 Å². The Bertz CT molecular complexity index is 79.0. The smallest absolute Gasteiger partial charge is 0.303 e. The molecule has 2 heteroatoms. The molecule has 1 N–H and O–H groups in total. The Balaban J connectivity index is 2.83. The topological polar surface area (TPSA) is 37.3 Å². The lowest BCUT2D eigenvalue weighted by molar-refractivity contribution is -0.137. The van der Waals surface area contributed by atoms with Crippen LogP contribution in [0.5, 0.6) is 0 Å². The Morgan fingerprint density at radius 2 is 2.22 bits per heavy atom. The summed E-state index contributed by atoms with van der Waals surface area (Å²) in [5.74, 6) is -0.689. The number of rotatable bonds is 5. The second kappa shape index (κ2) is 5.60. The van der Waals surface area contributed by atoms with E-state index in [9.17, 15) is 4.79 Å². The van der Waals surface area contributed by atoms with Gasteiger partial charge in [0.1, 0.15) is 0 Å². The van der Waals surface area contributed by atoms with Crippen LogP contribution < -0.4 is 0 Å². The van der Waals surface area contributed by atoms with Crippen molar-refractivity contribution in [2.45, 2.75) is 32.6 Å². The summed E-state index contributed by atoms with van der Waals surface area (Å²) in [6.45, 7) is 1.99. The maximum atomic E-state index is 9.95. The maximum absolute atomic E-state index is 9.95. The first-order chi connectivity index (χ1) is 4.27. The number of aliphatic carboxylic acids is 1. The third kappa shape index (κ3) is 7.47. The van der Waals surface area contributed by atoms with Crippen molar-refractivity contribution in [3.05, 3.63) is 6.42 Å². The molecule has 0 fully saturated rings. The fourth-order valence-electron chi connectivity index (χ4n) is 0.625. The minimum atomic E-state index is -0.689. The molecule has 0 heterocycles. The second-order valence-corrected chi connectivity index (χ2v) is 2.05. The van der Waals surface area contributed by atoms with Gasteiger partial charge in [-0.2, -0.15) is 0 Å². The van der Waals surface area contributed by atoms with Gasteiger partial charge in [0.25, 0.3) is 0 Å². The van der Waals surface area contributed by atoms with Gasteiger partial charge in [0, 0.05) is 6.42 Å². The van der Waals surface area contributed by atoms with Crippen LogP contribution in [0, 0.1) is 6.42 Å². The average Bonchev–Trinajstić information content (AvgIpc) is 1.80. The molecule has 53 valence electrons. The van der Waals surface area contributed by atoms with Crippen LogP contribution in [-0.4, -0.2) is 11.1 Å². The summed E-state index contributed by atoms with van der Waals surface area (Å²) in [5.41, 5.74) is 0. The molecular weight excluding hydrogens is 116 g/mol. The van der Waals surface area contributed by atoms with Gasteiger partial charge in [0.15, 0.2) is 0 Å². The van der Waals surface area contributed by atoms with Gasteiger partial charge in [0.2, 0.25) is 0 Å². The van der Waals surface area contributed by atoms with Crippen LogP contribution >= 0.6 is 0 Å². The molecule has 0 amide bonds. The summed E-state index contributed by atoms with van der Waals surface area (Å²) in [6.07, 6.45) is 5.21. The highest BCUT2D eigenvalue weighted by molar-refractivity contribution is 5.66. The van der Waals surface area contributed by atoms with E-state index in [0.29, 0.717) is 6.42 Å². The van der Waals surface area contributed by atoms with Crippen molar-refractivity contribution >= 4 is 5.97 Å². The molecule has 0 aliphatic heterocycles. The molecule has 0 aromatic heterocycles. The van der Waals surface area contributed by atoms with Gasteiger partial charge in [-0.05, 0) is 12.8 Å². The molecule has 2 nitrogen and oxygen atoms in total. The molecule has 0 aliphatic rings. The third-order valence-electron chi connectivity index (χ3n) is 1.13. The molecule has 0 aromatic carbocycles. The van der Waals surface area contributed by atoms with Crippen LogP contribution in [-0.2, 0) is 4.79 Å². The monoisotopic (exact) mass is 129 g/mol. The van der Waals surface area contributed by atoms with E-state index >= 15 is 0 Å². The van der Waals surface area contributed by atoms with Crippen molar-refractivity contribution in [2.24, 2.45) is 0 Å². The summed E-state index contributed by atoms with van der Waals surface area (Å²) in [5, 5.41) is 8.20. The van der Waals surface area contributed by atoms with Gasteiger partial charge in [-0.15, -0.1) is 0 Å². The van der Waals surface area contributed by atoms with E-state index in [2.05, 4.69) is 6.42 Å². The molecular formula is C7H13O2. The van der Waals surface area contributed by atoms with Crippen molar-refractivity contribution in [3.8, 4) is 0 Å². The highest BCUT2D eigenvalue weighted by Gasteiger charge is 1.94. The highest BCUT2D eigenvalue weighted by atomic mass is 16.4. The normalized spacial score (nSPS) is 9.44. The molecule has 0 bridgehead atoms. The zero-order valence-corrected chi connectivity index (χ0v) is 5.76. The number of unbranched alkanes of at least 4 members (excludes halogenated alkanes) is 3. The van der Waals surface area contributed by atoms with Crippen LogP contribution in [0.25, 0.3) is 0 Å². The van der Waals surface area contributed by atoms with Crippen LogP contribution in [0.2, 0.25) is 0 Å². The lowest BCUT2D eigenvalue weighted by atomic mass is 10.2. The van der Waals surface area contributed by atoms with Crippen LogP contribution in [0.3, 0.4) is 0 Å². The van der Waals surface area contributed by atoms with Gasteiger partial charge in [-0.1, -0.05) is 19.8 Å². The maximum Gasteiger partial charge on any atom is 0.303 e. The Morgan fingerprint density at radius 3 is 2.67 bits per heavy atom. The van der Waals surface area contributed by atoms with Crippen LogP contribution in [0.4, 0.5) is 0 Å². The van der Waals surface area contributed by atoms with Gasteiger partial charge in [0.05, 0.1) is 0 Å². The molecule has 0 aromatic rings. The van der Waals surface area contributed by atoms with E-state index in [0.717, 1.165) is 19.3 Å². The van der Waals surface area contributed by atoms with Crippen LogP contribution in [0.1, 0.15) is 32.6 Å². The Kier molecular flexibility index (Phi) is 5.27. The fraction of sp³-hybridized carbons (Fsp3) is 0.714. The lowest BCUT2D eigenvalue weighted by Crippen LogP contribution is -1.93. The third-order valence-corrected chi connectivity index (χ3v) is 1.13. The Hall–Kier alpha value is -0.530. The molecule has 0 spiro atoms. The van der Waals surface area contributed by atoms with Gasteiger partial charge >= 0.3 is 5.97 Å². The number of carbonyl (C=O) groups is 1. The van der Waals surface area contributed by atoms with Crippen LogP contribution in [0.15, 0.2) is 0 Å². The number of hydrogen-bond acceptors (Lipinski definition) is 1. The summed E-state index contributed by atoms with van der Waals surface area (Å²) in [4.78, 5) is 9.95. The zero-order chi connectivity index (χ0) is 7.11. The first kappa shape index (κ1) is 8.47. The first-order valence-electron chi connectivity index (χ1n) is 3.27. The summed E-state index contributed by atoms with van der Waals surface area (Å²) < 4.78 is 0. The van der Waals surface area contributed by atoms with Crippen molar-refractivity contribution in [3.63, 3.8) is 0 Å². The number of carboxylic acid groups (broad SMARTS) is 1. The van der Waals surface area contributed by atoms with E-state index in [1.807, 2.05) is 6.92 Å². The van der Waals surface area contributed by atoms with E-state index in [-0.39, 0.29) is 0 Å². The molecule has 0 saturated carbocycles. The van der Waals surface area contributed by atoms with E-state index < -0.39 is 5.97 Å². The second-order valence-electron chi connectivity index (χ2n) is 2.05. The lowest BCUT2D eigenvalue weighted by Gasteiger charge is -1.92. The predicted molar refractivity (Wildman–Crippen MR) is 36.1 cm³/mol. The molecule has 0 aliphatic carbocycles. The van der Waals surface area contributed by atoms with E-state index in [1.165, 1.54) is 0 Å². The minimum Gasteiger partial charge on any atom is -0.481 e. The van der Waals surface area contributed by atoms with Crippen molar-refractivity contribution in [1.29, 1.82) is 0 Å². The largest absolute Gasteiger partial charge is 0.481 e. The number of hydrogen-bond donors (Lipinski definition) is 1. The zero-order valence-electron chi connectivity index (χ0n) is 5.76. The molecule has 0 atom stereocenters. The Morgan fingerprint density at radius 1 is 1.56 bits per heavy atom. The molecule has 9 heavy (non-hydrogen) atoms. The van der Waals surface area contributed by atoms with Crippen molar-refractivity contribution in [1.82, 2.24) is 0 Å². The molecule has 0 unspecified atom stereocenters. The average molecular weight is 129 g/mol. The van der Waals surface area contributed by atoms with Gasteiger partial charge < -0.3 is 5.11 Å². The van der Waals surface area contributed by atoms with Crippen molar-refractivity contribution in [2.75, 3.05) is 0 Å². The molecule has 0 rings (SSSR count). The first-order valence-corrected chi connectivity index (χ1v) is 3.27. The van der Waals surface area contributed by atoms with E-state index in [1.54, 1.807) is 0 Å². The molecule has 0 saturated heterocycles. The minimum absolute atomic E-state index is 0.313. The molecule has 1 radical (unpaired) electrons. The quantitative estimate of drug-likeness (QED) is 0.575. The van der Waals surface area contributed by atoms with Gasteiger partial charge in [-0.25, -0.2) is 0 Å².